The van der Waals surface area contributed by atoms with Crippen molar-refractivity contribution < 1.29 is 13.9 Å². The van der Waals surface area contributed by atoms with Gasteiger partial charge in [-0.3, -0.25) is 9.69 Å². The summed E-state index contributed by atoms with van der Waals surface area (Å²) in [5.74, 6) is 1.11. The molecule has 7 heteroatoms. The Morgan fingerprint density at radius 1 is 1.17 bits per heavy atom. The highest BCUT2D eigenvalue weighted by Gasteiger charge is 2.23. The molecule has 3 aromatic rings. The van der Waals surface area contributed by atoms with Gasteiger partial charge in [-0.2, -0.15) is 0 Å². The number of ether oxygens (including phenoxy) is 1. The zero-order valence-corrected chi connectivity index (χ0v) is 18.0. The summed E-state index contributed by atoms with van der Waals surface area (Å²) in [6.07, 6.45) is 3.68. The van der Waals surface area contributed by atoms with Crippen molar-refractivity contribution in [1.29, 1.82) is 0 Å². The van der Waals surface area contributed by atoms with Crippen molar-refractivity contribution in [2.75, 3.05) is 32.5 Å². The van der Waals surface area contributed by atoms with E-state index in [1.54, 1.807) is 7.11 Å². The van der Waals surface area contributed by atoms with E-state index < -0.39 is 0 Å². The topological polar surface area (TPSA) is 67.6 Å². The first-order valence-corrected chi connectivity index (χ1v) is 11.3. The first kappa shape index (κ1) is 20.8. The van der Waals surface area contributed by atoms with Crippen molar-refractivity contribution in [3.05, 3.63) is 54.1 Å². The van der Waals surface area contributed by atoms with E-state index in [1.807, 2.05) is 36.4 Å². The third kappa shape index (κ3) is 5.15. The molecule has 0 radical (unpaired) electrons. The highest BCUT2D eigenvalue weighted by Crippen LogP contribution is 2.26. The van der Waals surface area contributed by atoms with Crippen molar-refractivity contribution in [2.45, 2.75) is 30.5 Å². The van der Waals surface area contributed by atoms with E-state index in [0.717, 1.165) is 29.9 Å². The predicted molar refractivity (Wildman–Crippen MR) is 119 cm³/mol. The van der Waals surface area contributed by atoms with Gasteiger partial charge in [0.15, 0.2) is 5.58 Å². The van der Waals surface area contributed by atoms with E-state index in [0.29, 0.717) is 11.8 Å². The number of methoxy groups -OCH3 is 1. The maximum Gasteiger partial charge on any atom is 0.257 e. The second-order valence-corrected chi connectivity index (χ2v) is 8.35. The van der Waals surface area contributed by atoms with E-state index in [1.165, 1.54) is 36.6 Å². The van der Waals surface area contributed by atoms with E-state index >= 15 is 0 Å². The molecule has 2 aromatic carbocycles. The lowest BCUT2D eigenvalue weighted by Gasteiger charge is -2.35. The number of nitrogens with one attached hydrogen (secondary N) is 1. The Hall–Kier alpha value is -2.51. The number of hydrogen-bond acceptors (Lipinski definition) is 6. The van der Waals surface area contributed by atoms with E-state index in [4.69, 9.17) is 9.15 Å². The van der Waals surface area contributed by atoms with Crippen LogP contribution in [0.25, 0.3) is 11.1 Å². The zero-order valence-electron chi connectivity index (χ0n) is 17.2. The van der Waals surface area contributed by atoms with Crippen LogP contribution in [0, 0.1) is 0 Å². The first-order valence-electron chi connectivity index (χ1n) is 10.4. The van der Waals surface area contributed by atoms with Gasteiger partial charge >= 0.3 is 0 Å². The van der Waals surface area contributed by atoms with Gasteiger partial charge in [0.25, 0.3) is 5.22 Å². The van der Waals surface area contributed by atoms with Crippen molar-refractivity contribution in [3.63, 3.8) is 0 Å². The fourth-order valence-corrected chi connectivity index (χ4v) is 4.48. The standard InChI is InChI=1S/C23H27N3O3S/c1-28-18-11-9-17(10-12-18)20(26-13-5-2-6-14-26)15-24-22(27)16-30-23-25-19-7-3-4-8-21(19)29-23/h3-4,7-12,20H,2,5-6,13-16H2,1H3,(H,24,27). The summed E-state index contributed by atoms with van der Waals surface area (Å²) < 4.78 is 11.0. The molecule has 0 bridgehead atoms. The minimum atomic E-state index is -0.0159. The molecule has 0 aliphatic carbocycles. The molecule has 1 aromatic heterocycles. The largest absolute Gasteiger partial charge is 0.497 e. The number of likely N-dealkylation sites (tertiary alicyclic amines) is 1. The van der Waals surface area contributed by atoms with Crippen LogP contribution in [0.1, 0.15) is 30.9 Å². The molecule has 1 amide bonds. The third-order valence-electron chi connectivity index (χ3n) is 5.43. The van der Waals surface area contributed by atoms with Gasteiger partial charge in [0, 0.05) is 6.54 Å². The van der Waals surface area contributed by atoms with Crippen LogP contribution >= 0.6 is 11.8 Å². The summed E-state index contributed by atoms with van der Waals surface area (Å²) in [4.78, 5) is 19.4. The van der Waals surface area contributed by atoms with Gasteiger partial charge < -0.3 is 14.5 Å². The van der Waals surface area contributed by atoms with Gasteiger partial charge in [0.2, 0.25) is 5.91 Å². The molecule has 158 valence electrons. The summed E-state index contributed by atoms with van der Waals surface area (Å²) >= 11 is 1.32. The number of para-hydroxylation sites is 2. The van der Waals surface area contributed by atoms with E-state index in [9.17, 15) is 4.79 Å². The predicted octanol–water partition coefficient (Wildman–Crippen LogP) is 4.27. The summed E-state index contributed by atoms with van der Waals surface area (Å²) in [5, 5.41) is 3.63. The van der Waals surface area contributed by atoms with Gasteiger partial charge in [0.1, 0.15) is 11.3 Å². The molecular formula is C23H27N3O3S. The lowest BCUT2D eigenvalue weighted by molar-refractivity contribution is -0.118. The SMILES string of the molecule is COc1ccc(C(CNC(=O)CSc2nc3ccccc3o2)N2CCCCC2)cc1. The Kier molecular flexibility index (Phi) is 6.92. The van der Waals surface area contributed by atoms with Crippen LogP contribution in [0.4, 0.5) is 0 Å². The number of fused-ring (bicyclic) bond motifs is 1. The summed E-state index contributed by atoms with van der Waals surface area (Å²) in [6.45, 7) is 2.70. The number of aromatic nitrogens is 1. The Labute approximate surface area is 181 Å². The van der Waals surface area contributed by atoms with Crippen LogP contribution in [0.3, 0.4) is 0 Å². The normalized spacial score (nSPS) is 15.8. The zero-order chi connectivity index (χ0) is 20.8. The van der Waals surface area contributed by atoms with E-state index in [-0.39, 0.29) is 17.7 Å². The summed E-state index contributed by atoms with van der Waals surface area (Å²) in [7, 11) is 1.67. The average molecular weight is 426 g/mol. The van der Waals surface area contributed by atoms with Gasteiger partial charge in [-0.15, -0.1) is 0 Å². The number of amides is 1. The number of piperidine rings is 1. The van der Waals surface area contributed by atoms with Crippen LogP contribution in [0.2, 0.25) is 0 Å². The van der Waals surface area contributed by atoms with Gasteiger partial charge in [-0.05, 0) is 55.8 Å². The van der Waals surface area contributed by atoms with Gasteiger partial charge in [-0.25, -0.2) is 4.98 Å². The summed E-state index contributed by atoms with van der Waals surface area (Å²) in [5.41, 5.74) is 2.75. The Morgan fingerprint density at radius 2 is 1.93 bits per heavy atom. The maximum atomic E-state index is 12.5. The molecular weight excluding hydrogens is 398 g/mol. The molecule has 1 unspecified atom stereocenters. The first-order chi connectivity index (χ1) is 14.7. The molecule has 2 heterocycles. The molecule has 4 rings (SSSR count). The van der Waals surface area contributed by atoms with Crippen LogP contribution in [0.15, 0.2) is 58.2 Å². The number of nitrogens with zero attached hydrogens (tertiary/aromatic N) is 2. The number of carbonyl (C=O) groups excluding carboxylic acids is 1. The monoisotopic (exact) mass is 425 g/mol. The van der Waals surface area contributed by atoms with Crippen molar-refractivity contribution in [2.24, 2.45) is 0 Å². The van der Waals surface area contributed by atoms with Crippen LogP contribution in [-0.2, 0) is 4.79 Å². The smallest absolute Gasteiger partial charge is 0.257 e. The van der Waals surface area contributed by atoms with Crippen molar-refractivity contribution >= 4 is 28.8 Å². The van der Waals surface area contributed by atoms with E-state index in [2.05, 4.69) is 27.3 Å². The Bertz CT molecular complexity index is 934. The lowest BCUT2D eigenvalue weighted by Crippen LogP contribution is -2.41. The molecule has 6 nitrogen and oxygen atoms in total. The van der Waals surface area contributed by atoms with Crippen LogP contribution in [0.5, 0.6) is 5.75 Å². The van der Waals surface area contributed by atoms with Gasteiger partial charge in [0.05, 0.1) is 18.9 Å². The lowest BCUT2D eigenvalue weighted by atomic mass is 10.0. The molecule has 1 aliphatic rings. The Morgan fingerprint density at radius 3 is 2.67 bits per heavy atom. The van der Waals surface area contributed by atoms with Crippen LogP contribution in [-0.4, -0.2) is 48.3 Å². The molecule has 1 fully saturated rings. The number of benzene rings is 2. The number of oxazole rings is 1. The second kappa shape index (κ2) is 10.00. The highest BCUT2D eigenvalue weighted by molar-refractivity contribution is 7.99. The minimum Gasteiger partial charge on any atom is -0.497 e. The highest BCUT2D eigenvalue weighted by atomic mass is 32.2. The average Bonchev–Trinajstić information content (AvgIpc) is 3.22. The Balaban J connectivity index is 1.36. The summed E-state index contributed by atoms with van der Waals surface area (Å²) in [6, 6.07) is 15.9. The second-order valence-electron chi connectivity index (χ2n) is 7.43. The number of carbonyl (C=O) groups is 1. The fourth-order valence-electron chi connectivity index (χ4n) is 3.82. The minimum absolute atomic E-state index is 0.0159. The fraction of sp³-hybridized carbons (Fsp3) is 0.391. The maximum absolute atomic E-state index is 12.5. The molecule has 1 N–H and O–H groups in total. The number of hydrogen-bond donors (Lipinski definition) is 1. The molecule has 1 atom stereocenters. The van der Waals surface area contributed by atoms with Crippen LogP contribution < -0.4 is 10.1 Å². The third-order valence-corrected chi connectivity index (χ3v) is 6.25. The molecule has 1 aliphatic heterocycles. The quantitative estimate of drug-likeness (QED) is 0.544. The molecule has 0 spiro atoms. The molecule has 30 heavy (non-hydrogen) atoms. The molecule has 1 saturated heterocycles. The van der Waals surface area contributed by atoms with Gasteiger partial charge in [-0.1, -0.05) is 42.4 Å². The number of thioether (sulfide) groups is 1. The van der Waals surface area contributed by atoms with Crippen molar-refractivity contribution in [3.8, 4) is 5.75 Å². The molecule has 0 saturated carbocycles. The van der Waals surface area contributed by atoms with Crippen molar-refractivity contribution in [1.82, 2.24) is 15.2 Å². The number of rotatable bonds is 8.